The van der Waals surface area contributed by atoms with Crippen molar-refractivity contribution in [2.75, 3.05) is 0 Å². The van der Waals surface area contributed by atoms with Crippen LogP contribution in [0.15, 0.2) is 102 Å². The number of amides is 1. The summed E-state index contributed by atoms with van der Waals surface area (Å²) in [4.78, 5) is 12.7. The van der Waals surface area contributed by atoms with Gasteiger partial charge in [0.2, 0.25) is 0 Å². The molecule has 0 aliphatic rings. The largest absolute Gasteiger partial charge is 0.485 e. The molecule has 1 unspecified atom stereocenters. The molecule has 162 valence electrons. The Bertz CT molecular complexity index is 1190. The van der Waals surface area contributed by atoms with Gasteiger partial charge in [0.05, 0.1) is 6.04 Å². The quantitative estimate of drug-likeness (QED) is 0.341. The van der Waals surface area contributed by atoms with Crippen LogP contribution in [-0.2, 0) is 13.0 Å². The number of benzene rings is 2. The molecule has 4 rings (SSSR count). The number of carbonyl (C=O) groups is 1. The van der Waals surface area contributed by atoms with Crippen LogP contribution in [0.5, 0.6) is 5.75 Å². The average molecular weight is 427 g/mol. The Kier molecular flexibility index (Phi) is 6.56. The molecule has 2 heterocycles. The lowest BCUT2D eigenvalue weighted by molar-refractivity contribution is 0.0907. The lowest BCUT2D eigenvalue weighted by Gasteiger charge is -2.15. The fourth-order valence-electron chi connectivity index (χ4n) is 3.51. The van der Waals surface area contributed by atoms with Gasteiger partial charge >= 0.3 is 0 Å². The van der Waals surface area contributed by atoms with Crippen LogP contribution in [0.2, 0.25) is 0 Å². The van der Waals surface area contributed by atoms with Gasteiger partial charge in [-0.3, -0.25) is 4.79 Å². The molecule has 1 amide bonds. The van der Waals surface area contributed by atoms with Crippen molar-refractivity contribution in [1.29, 1.82) is 0 Å². The maximum absolute atomic E-state index is 12.7. The summed E-state index contributed by atoms with van der Waals surface area (Å²) in [6.45, 7) is 5.98. The van der Waals surface area contributed by atoms with Gasteiger partial charge in [0.15, 0.2) is 5.76 Å². The van der Waals surface area contributed by atoms with Crippen molar-refractivity contribution in [3.63, 3.8) is 0 Å². The minimum Gasteiger partial charge on any atom is -0.485 e. The van der Waals surface area contributed by atoms with E-state index in [9.17, 15) is 4.79 Å². The molecule has 0 saturated carbocycles. The van der Waals surface area contributed by atoms with E-state index in [4.69, 9.17) is 9.15 Å². The number of aromatic nitrogens is 1. The minimum absolute atomic E-state index is 0.173. The van der Waals surface area contributed by atoms with E-state index in [2.05, 4.69) is 18.0 Å². The van der Waals surface area contributed by atoms with E-state index in [1.807, 2.05) is 84.6 Å². The summed E-state index contributed by atoms with van der Waals surface area (Å²) >= 11 is 0. The molecule has 32 heavy (non-hydrogen) atoms. The Morgan fingerprint density at radius 1 is 1.09 bits per heavy atom. The Hall–Kier alpha value is -3.99. The van der Waals surface area contributed by atoms with Crippen molar-refractivity contribution < 1.29 is 13.9 Å². The maximum atomic E-state index is 12.7. The Morgan fingerprint density at radius 3 is 2.72 bits per heavy atom. The van der Waals surface area contributed by atoms with Crippen LogP contribution < -0.4 is 10.1 Å². The van der Waals surface area contributed by atoms with E-state index in [1.54, 1.807) is 12.1 Å². The van der Waals surface area contributed by atoms with Crippen molar-refractivity contribution in [2.45, 2.75) is 26.0 Å². The number of furan rings is 1. The fraction of sp³-hybridized carbons (Fsp3) is 0.148. The molecule has 1 N–H and O–H groups in total. The standard InChI is InChI=1S/C27H26N2O3/c1-3-9-21-10-4-5-13-25(21)31-19-24-14-15-26(32-24)27(30)28-20(2)22-11-8-12-23(18-22)29-16-6-7-17-29/h3-8,10-18,20H,1,9,19H2,2H3,(H,28,30). The highest BCUT2D eigenvalue weighted by Crippen LogP contribution is 2.21. The molecule has 0 bridgehead atoms. The summed E-state index contributed by atoms with van der Waals surface area (Å²) in [5.41, 5.74) is 3.12. The summed E-state index contributed by atoms with van der Waals surface area (Å²) in [7, 11) is 0. The maximum Gasteiger partial charge on any atom is 0.287 e. The topological polar surface area (TPSA) is 56.4 Å². The number of hydrogen-bond acceptors (Lipinski definition) is 3. The molecule has 1 atom stereocenters. The summed E-state index contributed by atoms with van der Waals surface area (Å²) in [5, 5.41) is 3.00. The van der Waals surface area contributed by atoms with Gasteiger partial charge in [0.1, 0.15) is 18.1 Å². The van der Waals surface area contributed by atoms with Gasteiger partial charge in [0, 0.05) is 18.1 Å². The van der Waals surface area contributed by atoms with E-state index in [0.29, 0.717) is 5.76 Å². The summed E-state index contributed by atoms with van der Waals surface area (Å²) in [6, 6.07) is 23.1. The van der Waals surface area contributed by atoms with Gasteiger partial charge in [0.25, 0.3) is 5.91 Å². The third kappa shape index (κ3) is 5.01. The van der Waals surface area contributed by atoms with Crippen molar-refractivity contribution in [3.8, 4) is 11.4 Å². The molecule has 0 spiro atoms. The van der Waals surface area contributed by atoms with E-state index in [0.717, 1.165) is 29.0 Å². The molecule has 4 aromatic rings. The monoisotopic (exact) mass is 426 g/mol. The lowest BCUT2D eigenvalue weighted by atomic mass is 10.1. The minimum atomic E-state index is -0.262. The number of carbonyl (C=O) groups excluding carboxylic acids is 1. The lowest BCUT2D eigenvalue weighted by Crippen LogP contribution is -2.26. The highest BCUT2D eigenvalue weighted by atomic mass is 16.5. The van der Waals surface area contributed by atoms with Gasteiger partial charge in [-0.05, 0) is 66.9 Å². The Morgan fingerprint density at radius 2 is 1.91 bits per heavy atom. The number of hydrogen-bond donors (Lipinski definition) is 1. The van der Waals surface area contributed by atoms with E-state index >= 15 is 0 Å². The van der Waals surface area contributed by atoms with Gasteiger partial charge in [-0.2, -0.15) is 0 Å². The molecule has 5 heteroatoms. The number of nitrogens with zero attached hydrogens (tertiary/aromatic N) is 1. The molecule has 0 saturated heterocycles. The molecule has 2 aromatic heterocycles. The van der Waals surface area contributed by atoms with Crippen molar-refractivity contribution in [3.05, 3.63) is 120 Å². The van der Waals surface area contributed by atoms with E-state index in [-0.39, 0.29) is 24.3 Å². The second-order valence-corrected chi connectivity index (χ2v) is 7.54. The zero-order valence-corrected chi connectivity index (χ0v) is 18.0. The van der Waals surface area contributed by atoms with Crippen LogP contribution in [-0.4, -0.2) is 10.5 Å². The average Bonchev–Trinajstić information content (AvgIpc) is 3.51. The van der Waals surface area contributed by atoms with Gasteiger partial charge in [-0.15, -0.1) is 6.58 Å². The first-order chi connectivity index (χ1) is 15.6. The fourth-order valence-corrected chi connectivity index (χ4v) is 3.51. The predicted molar refractivity (Wildman–Crippen MR) is 125 cm³/mol. The van der Waals surface area contributed by atoms with Crippen LogP contribution in [0.4, 0.5) is 0 Å². The Labute approximate surface area is 188 Å². The summed E-state index contributed by atoms with van der Waals surface area (Å²) in [5.74, 6) is 1.37. The smallest absolute Gasteiger partial charge is 0.287 e. The number of para-hydroxylation sites is 1. The normalized spacial score (nSPS) is 11.7. The zero-order valence-electron chi connectivity index (χ0n) is 18.0. The van der Waals surface area contributed by atoms with Gasteiger partial charge in [-0.1, -0.05) is 36.4 Å². The molecular weight excluding hydrogens is 400 g/mol. The van der Waals surface area contributed by atoms with Crippen molar-refractivity contribution in [1.82, 2.24) is 9.88 Å². The summed E-state index contributed by atoms with van der Waals surface area (Å²) in [6.07, 6.45) is 6.55. The Balaban J connectivity index is 1.38. The molecule has 0 fully saturated rings. The third-order valence-corrected chi connectivity index (χ3v) is 5.21. The van der Waals surface area contributed by atoms with Crippen molar-refractivity contribution in [2.24, 2.45) is 0 Å². The van der Waals surface area contributed by atoms with Crippen LogP contribution in [0.25, 0.3) is 5.69 Å². The van der Waals surface area contributed by atoms with Gasteiger partial charge in [-0.25, -0.2) is 0 Å². The van der Waals surface area contributed by atoms with Gasteiger partial charge < -0.3 is 19.0 Å². The molecule has 5 nitrogen and oxygen atoms in total. The van der Waals surface area contributed by atoms with Crippen LogP contribution >= 0.6 is 0 Å². The molecule has 0 radical (unpaired) electrons. The van der Waals surface area contributed by atoms with Crippen LogP contribution in [0.3, 0.4) is 0 Å². The first kappa shape index (κ1) is 21.2. The highest BCUT2D eigenvalue weighted by molar-refractivity contribution is 5.91. The zero-order chi connectivity index (χ0) is 22.3. The number of nitrogens with one attached hydrogen (secondary N) is 1. The number of rotatable bonds is 9. The molecule has 0 aliphatic heterocycles. The third-order valence-electron chi connectivity index (χ3n) is 5.21. The first-order valence-electron chi connectivity index (χ1n) is 10.6. The van der Waals surface area contributed by atoms with Crippen LogP contribution in [0.1, 0.15) is 40.4 Å². The molecular formula is C27H26N2O3. The molecule has 2 aromatic carbocycles. The SMILES string of the molecule is C=CCc1ccccc1OCc1ccc(C(=O)NC(C)c2cccc(-n3cccc3)c2)o1. The predicted octanol–water partition coefficient (Wildman–Crippen LogP) is 5.87. The van der Waals surface area contributed by atoms with Crippen molar-refractivity contribution >= 4 is 5.91 Å². The first-order valence-corrected chi connectivity index (χ1v) is 10.6. The second kappa shape index (κ2) is 9.88. The van der Waals surface area contributed by atoms with E-state index in [1.165, 1.54) is 0 Å². The van der Waals surface area contributed by atoms with Crippen LogP contribution in [0, 0.1) is 0 Å². The highest BCUT2D eigenvalue weighted by Gasteiger charge is 2.16. The second-order valence-electron chi connectivity index (χ2n) is 7.54. The molecule has 0 aliphatic carbocycles. The van der Waals surface area contributed by atoms with E-state index < -0.39 is 0 Å². The number of ether oxygens (including phenoxy) is 1. The summed E-state index contributed by atoms with van der Waals surface area (Å²) < 4.78 is 13.6. The number of allylic oxidation sites excluding steroid dienone is 1.